The first-order chi connectivity index (χ1) is 9.29. The Morgan fingerprint density at radius 1 is 1.53 bits per heavy atom. The van der Waals surface area contributed by atoms with Crippen molar-refractivity contribution in [3.05, 3.63) is 41.0 Å². The fourth-order valence-corrected chi connectivity index (χ4v) is 2.29. The van der Waals surface area contributed by atoms with E-state index in [0.717, 1.165) is 17.0 Å². The van der Waals surface area contributed by atoms with E-state index < -0.39 is 0 Å². The molecular formula is C13H16N4O2. The molecule has 2 aromatic rings. The lowest BCUT2D eigenvalue weighted by Gasteiger charge is -2.14. The van der Waals surface area contributed by atoms with Crippen LogP contribution in [-0.2, 0) is 24.4 Å². The predicted molar refractivity (Wildman–Crippen MR) is 68.3 cm³/mol. The van der Waals surface area contributed by atoms with Crippen LogP contribution in [0.2, 0.25) is 0 Å². The fraction of sp³-hybridized carbons (Fsp3) is 0.385. The number of aromatic nitrogens is 3. The van der Waals surface area contributed by atoms with Gasteiger partial charge in [-0.1, -0.05) is 0 Å². The Labute approximate surface area is 110 Å². The lowest BCUT2D eigenvalue weighted by Crippen LogP contribution is -2.26. The number of amides is 1. The molecule has 0 aliphatic carbocycles. The van der Waals surface area contributed by atoms with Crippen LogP contribution in [0.3, 0.4) is 0 Å². The number of aromatic amines is 2. The molecule has 0 spiro atoms. The largest absolute Gasteiger partial charge is 0.375 e. The second kappa shape index (κ2) is 4.89. The van der Waals surface area contributed by atoms with Gasteiger partial charge in [-0.25, -0.2) is 0 Å². The van der Waals surface area contributed by atoms with Gasteiger partial charge in [-0.3, -0.25) is 9.89 Å². The van der Waals surface area contributed by atoms with Crippen LogP contribution < -0.4 is 0 Å². The van der Waals surface area contributed by atoms with Crippen molar-refractivity contribution < 1.29 is 9.53 Å². The zero-order chi connectivity index (χ0) is 13.2. The highest BCUT2D eigenvalue weighted by Gasteiger charge is 2.28. The van der Waals surface area contributed by atoms with Gasteiger partial charge in [0.05, 0.1) is 31.1 Å². The zero-order valence-electron chi connectivity index (χ0n) is 10.8. The third-order valence-electron chi connectivity index (χ3n) is 3.29. The van der Waals surface area contributed by atoms with E-state index in [-0.39, 0.29) is 5.91 Å². The van der Waals surface area contributed by atoms with Crippen molar-refractivity contribution in [2.75, 3.05) is 6.61 Å². The number of ether oxygens (including phenoxy) is 1. The summed E-state index contributed by atoms with van der Waals surface area (Å²) in [6.45, 7) is 4.27. The van der Waals surface area contributed by atoms with Crippen LogP contribution in [0.25, 0.3) is 0 Å². The van der Waals surface area contributed by atoms with E-state index in [4.69, 9.17) is 4.74 Å². The minimum absolute atomic E-state index is 0.0111. The molecule has 0 radical (unpaired) electrons. The number of fused-ring (bicyclic) bond motifs is 1. The number of hydrogen-bond acceptors (Lipinski definition) is 3. The van der Waals surface area contributed by atoms with Gasteiger partial charge >= 0.3 is 0 Å². The van der Waals surface area contributed by atoms with E-state index in [9.17, 15) is 4.79 Å². The van der Waals surface area contributed by atoms with E-state index in [1.54, 1.807) is 17.2 Å². The maximum absolute atomic E-state index is 12.2. The number of carbonyl (C=O) groups excluding carboxylic acids is 1. The maximum atomic E-state index is 12.2. The van der Waals surface area contributed by atoms with Crippen LogP contribution in [-0.4, -0.2) is 32.6 Å². The minimum atomic E-state index is 0.0111. The Morgan fingerprint density at radius 2 is 2.42 bits per heavy atom. The molecule has 1 aliphatic heterocycles. The van der Waals surface area contributed by atoms with Crippen LogP contribution in [0.1, 0.15) is 34.4 Å². The molecular weight excluding hydrogens is 244 g/mol. The summed E-state index contributed by atoms with van der Waals surface area (Å²) in [5, 5.41) is 7.23. The summed E-state index contributed by atoms with van der Waals surface area (Å²) in [5.74, 6) is 0.0111. The van der Waals surface area contributed by atoms with Crippen molar-refractivity contribution >= 4 is 5.91 Å². The number of rotatable bonds is 4. The van der Waals surface area contributed by atoms with E-state index >= 15 is 0 Å². The van der Waals surface area contributed by atoms with Crippen molar-refractivity contribution in [3.63, 3.8) is 0 Å². The van der Waals surface area contributed by atoms with Gasteiger partial charge in [0.2, 0.25) is 0 Å². The third kappa shape index (κ3) is 2.15. The van der Waals surface area contributed by atoms with Crippen LogP contribution in [0, 0.1) is 0 Å². The molecule has 0 unspecified atom stereocenters. The number of nitrogens with one attached hydrogen (secondary N) is 2. The topological polar surface area (TPSA) is 74.0 Å². The van der Waals surface area contributed by atoms with Crippen LogP contribution in [0.15, 0.2) is 18.3 Å². The summed E-state index contributed by atoms with van der Waals surface area (Å²) < 4.78 is 5.38. The van der Waals surface area contributed by atoms with Gasteiger partial charge in [0.25, 0.3) is 5.91 Å². The molecule has 3 heterocycles. The highest BCUT2D eigenvalue weighted by Crippen LogP contribution is 2.25. The summed E-state index contributed by atoms with van der Waals surface area (Å²) in [7, 11) is 0. The van der Waals surface area contributed by atoms with Gasteiger partial charge in [0.1, 0.15) is 5.69 Å². The smallest absolute Gasteiger partial charge is 0.270 e. The molecule has 3 rings (SSSR count). The standard InChI is InChI=1S/C13H16N4O2/c1-2-19-8-12-9-6-17(7-11(9)15-16-12)13(18)10-4-3-5-14-10/h3-5,14H,2,6-8H2,1H3,(H,15,16). The van der Waals surface area contributed by atoms with Gasteiger partial charge in [-0.05, 0) is 19.1 Å². The molecule has 0 atom stereocenters. The second-order valence-electron chi connectivity index (χ2n) is 4.51. The van der Waals surface area contributed by atoms with E-state index in [0.29, 0.717) is 32.0 Å². The Morgan fingerprint density at radius 3 is 3.16 bits per heavy atom. The summed E-state index contributed by atoms with van der Waals surface area (Å²) >= 11 is 0. The van der Waals surface area contributed by atoms with Crippen LogP contribution in [0.5, 0.6) is 0 Å². The molecule has 19 heavy (non-hydrogen) atoms. The first-order valence-corrected chi connectivity index (χ1v) is 6.35. The first kappa shape index (κ1) is 12.0. The molecule has 6 heteroatoms. The first-order valence-electron chi connectivity index (χ1n) is 6.35. The lowest BCUT2D eigenvalue weighted by molar-refractivity contribution is 0.0742. The van der Waals surface area contributed by atoms with Gasteiger partial charge in [0, 0.05) is 18.4 Å². The highest BCUT2D eigenvalue weighted by molar-refractivity contribution is 5.92. The van der Waals surface area contributed by atoms with Crippen molar-refractivity contribution in [2.45, 2.75) is 26.6 Å². The van der Waals surface area contributed by atoms with Crippen molar-refractivity contribution in [3.8, 4) is 0 Å². The quantitative estimate of drug-likeness (QED) is 0.873. The van der Waals surface area contributed by atoms with Gasteiger partial charge < -0.3 is 14.6 Å². The molecule has 0 bridgehead atoms. The normalized spacial score (nSPS) is 13.8. The van der Waals surface area contributed by atoms with Crippen LogP contribution >= 0.6 is 0 Å². The number of carbonyl (C=O) groups is 1. The maximum Gasteiger partial charge on any atom is 0.270 e. The predicted octanol–water partition coefficient (Wildman–Crippen LogP) is 1.43. The van der Waals surface area contributed by atoms with E-state index in [1.807, 2.05) is 13.0 Å². The number of hydrogen-bond donors (Lipinski definition) is 2. The molecule has 1 aliphatic rings. The average molecular weight is 260 g/mol. The molecule has 100 valence electrons. The van der Waals surface area contributed by atoms with E-state index in [2.05, 4.69) is 15.2 Å². The van der Waals surface area contributed by atoms with Gasteiger partial charge in [0.15, 0.2) is 0 Å². The van der Waals surface area contributed by atoms with Crippen molar-refractivity contribution in [1.29, 1.82) is 0 Å². The number of H-pyrrole nitrogens is 2. The molecule has 0 fully saturated rings. The highest BCUT2D eigenvalue weighted by atomic mass is 16.5. The molecule has 2 N–H and O–H groups in total. The SMILES string of the molecule is CCOCc1n[nH]c2c1CN(C(=O)c1ccc[nH]1)C2. The Bertz CT molecular complexity index is 573. The number of nitrogens with zero attached hydrogens (tertiary/aromatic N) is 2. The van der Waals surface area contributed by atoms with Gasteiger partial charge in [-0.2, -0.15) is 5.10 Å². The third-order valence-corrected chi connectivity index (χ3v) is 3.29. The molecule has 2 aromatic heterocycles. The van der Waals surface area contributed by atoms with Crippen molar-refractivity contribution in [1.82, 2.24) is 20.1 Å². The Hall–Kier alpha value is -2.08. The van der Waals surface area contributed by atoms with Gasteiger partial charge in [-0.15, -0.1) is 0 Å². The molecule has 1 amide bonds. The lowest BCUT2D eigenvalue weighted by atomic mass is 10.2. The average Bonchev–Trinajstić information content (AvgIpc) is 3.12. The molecule has 6 nitrogen and oxygen atoms in total. The summed E-state index contributed by atoms with van der Waals surface area (Å²) in [4.78, 5) is 17.0. The van der Waals surface area contributed by atoms with E-state index in [1.165, 1.54) is 0 Å². The minimum Gasteiger partial charge on any atom is -0.375 e. The molecule has 0 saturated heterocycles. The Balaban J connectivity index is 1.74. The van der Waals surface area contributed by atoms with Crippen LogP contribution in [0.4, 0.5) is 0 Å². The summed E-state index contributed by atoms with van der Waals surface area (Å²) in [5.41, 5.74) is 3.62. The zero-order valence-corrected chi connectivity index (χ0v) is 10.8. The summed E-state index contributed by atoms with van der Waals surface area (Å²) in [6, 6.07) is 3.61. The fourth-order valence-electron chi connectivity index (χ4n) is 2.29. The summed E-state index contributed by atoms with van der Waals surface area (Å²) in [6.07, 6.45) is 1.75. The molecule has 0 saturated carbocycles. The Kier molecular flexibility index (Phi) is 3.08. The van der Waals surface area contributed by atoms with Crippen molar-refractivity contribution in [2.24, 2.45) is 0 Å². The monoisotopic (exact) mass is 260 g/mol. The molecule has 0 aromatic carbocycles. The second-order valence-corrected chi connectivity index (χ2v) is 4.51.